The van der Waals surface area contributed by atoms with Gasteiger partial charge in [0.2, 0.25) is 0 Å². The summed E-state index contributed by atoms with van der Waals surface area (Å²) in [4.78, 5) is 10.3. The molecule has 0 heterocycles. The fourth-order valence-electron chi connectivity index (χ4n) is 1.74. The summed E-state index contributed by atoms with van der Waals surface area (Å²) in [5.41, 5.74) is 1.71. The molecule has 5 heteroatoms. The van der Waals surface area contributed by atoms with Crippen LogP contribution in [0.25, 0.3) is 0 Å². The fraction of sp³-hybridized carbons (Fsp3) is 0.538. The van der Waals surface area contributed by atoms with E-state index in [2.05, 4.69) is 5.32 Å². The molecule has 0 spiro atoms. The summed E-state index contributed by atoms with van der Waals surface area (Å²) < 4.78 is 0. The van der Waals surface area contributed by atoms with Crippen LogP contribution in [0.15, 0.2) is 18.2 Å². The predicted octanol–water partition coefficient (Wildman–Crippen LogP) is 2.72. The second-order valence-electron chi connectivity index (χ2n) is 4.62. The molecule has 5 nitrogen and oxygen atoms in total. The second kappa shape index (κ2) is 6.96. The molecule has 0 aliphatic rings. The molecule has 18 heavy (non-hydrogen) atoms. The van der Waals surface area contributed by atoms with E-state index in [0.29, 0.717) is 11.5 Å². The van der Waals surface area contributed by atoms with E-state index in [1.165, 1.54) is 6.07 Å². The Morgan fingerprint density at radius 2 is 2.22 bits per heavy atom. The minimum absolute atomic E-state index is 0.148. The van der Waals surface area contributed by atoms with Gasteiger partial charge in [0.1, 0.15) is 0 Å². The third kappa shape index (κ3) is 4.33. The first-order valence-electron chi connectivity index (χ1n) is 6.14. The van der Waals surface area contributed by atoms with Gasteiger partial charge in [-0.15, -0.1) is 0 Å². The summed E-state index contributed by atoms with van der Waals surface area (Å²) in [6.07, 6.45) is 1.94. The number of hydrogen-bond acceptors (Lipinski definition) is 4. The predicted molar refractivity (Wildman–Crippen MR) is 71.8 cm³/mol. The van der Waals surface area contributed by atoms with Crippen molar-refractivity contribution in [1.82, 2.24) is 0 Å². The highest BCUT2D eigenvalue weighted by atomic mass is 16.6. The third-order valence-corrected chi connectivity index (χ3v) is 2.91. The van der Waals surface area contributed by atoms with Gasteiger partial charge in [0.25, 0.3) is 5.69 Å². The molecule has 0 radical (unpaired) electrons. The SMILES string of the molecule is Cc1cc(NCCCC(C)CO)ccc1[N+](=O)[O-]. The van der Waals surface area contributed by atoms with E-state index < -0.39 is 0 Å². The Balaban J connectivity index is 2.44. The lowest BCUT2D eigenvalue weighted by Gasteiger charge is -2.09. The van der Waals surface area contributed by atoms with Crippen LogP contribution in [0.4, 0.5) is 11.4 Å². The topological polar surface area (TPSA) is 75.4 Å². The van der Waals surface area contributed by atoms with Crippen molar-refractivity contribution in [1.29, 1.82) is 0 Å². The van der Waals surface area contributed by atoms with Gasteiger partial charge in [-0.2, -0.15) is 0 Å². The Kier molecular flexibility index (Phi) is 5.58. The summed E-state index contributed by atoms with van der Waals surface area (Å²) in [7, 11) is 0. The average Bonchev–Trinajstić information content (AvgIpc) is 2.34. The number of nitro benzene ring substituents is 1. The number of aliphatic hydroxyl groups is 1. The van der Waals surface area contributed by atoms with Crippen LogP contribution >= 0.6 is 0 Å². The molecule has 100 valence electrons. The van der Waals surface area contributed by atoms with Crippen LogP contribution in [0.3, 0.4) is 0 Å². The maximum Gasteiger partial charge on any atom is 0.272 e. The van der Waals surface area contributed by atoms with Crippen molar-refractivity contribution >= 4 is 11.4 Å². The van der Waals surface area contributed by atoms with Gasteiger partial charge in [0.15, 0.2) is 0 Å². The Morgan fingerprint density at radius 3 is 2.78 bits per heavy atom. The van der Waals surface area contributed by atoms with E-state index in [1.54, 1.807) is 19.1 Å². The molecule has 2 N–H and O–H groups in total. The monoisotopic (exact) mass is 252 g/mol. The normalized spacial score (nSPS) is 12.2. The van der Waals surface area contributed by atoms with Gasteiger partial charge in [-0.3, -0.25) is 10.1 Å². The second-order valence-corrected chi connectivity index (χ2v) is 4.62. The lowest BCUT2D eigenvalue weighted by molar-refractivity contribution is -0.385. The van der Waals surface area contributed by atoms with E-state index in [1.807, 2.05) is 6.92 Å². The number of aryl methyl sites for hydroxylation is 1. The highest BCUT2D eigenvalue weighted by Gasteiger charge is 2.09. The van der Waals surface area contributed by atoms with Gasteiger partial charge in [-0.1, -0.05) is 6.92 Å². The van der Waals surface area contributed by atoms with Crippen molar-refractivity contribution in [3.63, 3.8) is 0 Å². The summed E-state index contributed by atoms with van der Waals surface area (Å²) in [6, 6.07) is 5.03. The number of rotatable bonds is 7. The first-order valence-corrected chi connectivity index (χ1v) is 6.14. The third-order valence-electron chi connectivity index (χ3n) is 2.91. The van der Waals surface area contributed by atoms with Gasteiger partial charge in [-0.25, -0.2) is 0 Å². The van der Waals surface area contributed by atoms with Crippen LogP contribution in [0.2, 0.25) is 0 Å². The molecule has 1 aromatic rings. The van der Waals surface area contributed by atoms with Crippen LogP contribution in [-0.2, 0) is 0 Å². The maximum atomic E-state index is 10.7. The molecule has 0 amide bonds. The van der Waals surface area contributed by atoms with Crippen molar-refractivity contribution in [3.8, 4) is 0 Å². The Labute approximate surface area is 107 Å². The van der Waals surface area contributed by atoms with Gasteiger partial charge in [-0.05, 0) is 37.8 Å². The van der Waals surface area contributed by atoms with E-state index in [-0.39, 0.29) is 17.2 Å². The molecule has 1 atom stereocenters. The number of nitrogens with one attached hydrogen (secondary N) is 1. The smallest absolute Gasteiger partial charge is 0.272 e. The Bertz CT molecular complexity index is 407. The van der Waals surface area contributed by atoms with Crippen molar-refractivity contribution in [3.05, 3.63) is 33.9 Å². The van der Waals surface area contributed by atoms with Crippen molar-refractivity contribution < 1.29 is 10.0 Å². The zero-order valence-electron chi connectivity index (χ0n) is 10.8. The van der Waals surface area contributed by atoms with E-state index in [9.17, 15) is 10.1 Å². The zero-order chi connectivity index (χ0) is 13.5. The molecule has 0 fully saturated rings. The number of aliphatic hydroxyl groups excluding tert-OH is 1. The highest BCUT2D eigenvalue weighted by molar-refractivity contribution is 5.53. The molecule has 1 aromatic carbocycles. The van der Waals surface area contributed by atoms with Crippen LogP contribution < -0.4 is 5.32 Å². The van der Waals surface area contributed by atoms with Crippen LogP contribution in [0, 0.1) is 23.0 Å². The quantitative estimate of drug-likeness (QED) is 0.444. The molecule has 0 bridgehead atoms. The van der Waals surface area contributed by atoms with Crippen molar-refractivity contribution in [2.24, 2.45) is 5.92 Å². The molecular weight excluding hydrogens is 232 g/mol. The number of nitrogens with zero attached hydrogens (tertiary/aromatic N) is 1. The number of anilines is 1. The minimum atomic E-state index is -0.373. The van der Waals surface area contributed by atoms with Crippen LogP contribution in [0.1, 0.15) is 25.3 Å². The lowest BCUT2D eigenvalue weighted by Crippen LogP contribution is -2.06. The van der Waals surface area contributed by atoms with Gasteiger partial charge < -0.3 is 10.4 Å². The molecule has 0 aromatic heterocycles. The van der Waals surface area contributed by atoms with Crippen molar-refractivity contribution in [2.45, 2.75) is 26.7 Å². The molecule has 0 saturated heterocycles. The summed E-state index contributed by atoms with van der Waals surface area (Å²) >= 11 is 0. The summed E-state index contributed by atoms with van der Waals surface area (Å²) in [5.74, 6) is 0.324. The molecule has 1 rings (SSSR count). The van der Waals surface area contributed by atoms with E-state index >= 15 is 0 Å². The molecule has 0 saturated carbocycles. The van der Waals surface area contributed by atoms with Gasteiger partial charge in [0, 0.05) is 30.5 Å². The summed E-state index contributed by atoms with van der Waals surface area (Å²) in [5, 5.41) is 22.8. The largest absolute Gasteiger partial charge is 0.396 e. The molecular formula is C13H20N2O3. The van der Waals surface area contributed by atoms with Crippen LogP contribution in [-0.4, -0.2) is 23.2 Å². The van der Waals surface area contributed by atoms with Crippen LogP contribution in [0.5, 0.6) is 0 Å². The summed E-state index contributed by atoms with van der Waals surface area (Å²) in [6.45, 7) is 4.77. The minimum Gasteiger partial charge on any atom is -0.396 e. The zero-order valence-corrected chi connectivity index (χ0v) is 10.8. The molecule has 1 unspecified atom stereocenters. The van der Waals surface area contributed by atoms with E-state index in [0.717, 1.165) is 25.1 Å². The standard InChI is InChI=1S/C13H20N2O3/c1-10(9-16)4-3-7-14-12-5-6-13(15(17)18)11(2)8-12/h5-6,8,10,14,16H,3-4,7,9H2,1-2H3. The highest BCUT2D eigenvalue weighted by Crippen LogP contribution is 2.21. The fourth-order valence-corrected chi connectivity index (χ4v) is 1.74. The molecule has 0 aliphatic heterocycles. The first-order chi connectivity index (χ1) is 8.54. The molecule has 0 aliphatic carbocycles. The van der Waals surface area contributed by atoms with E-state index in [4.69, 9.17) is 5.11 Å². The Hall–Kier alpha value is -1.62. The van der Waals surface area contributed by atoms with Gasteiger partial charge >= 0.3 is 0 Å². The average molecular weight is 252 g/mol. The lowest BCUT2D eigenvalue weighted by atomic mass is 10.1. The number of hydrogen-bond donors (Lipinski definition) is 2. The van der Waals surface area contributed by atoms with Crippen molar-refractivity contribution in [2.75, 3.05) is 18.5 Å². The Morgan fingerprint density at radius 1 is 1.50 bits per heavy atom. The number of nitro groups is 1. The van der Waals surface area contributed by atoms with Gasteiger partial charge in [0.05, 0.1) is 4.92 Å². The number of benzene rings is 1. The maximum absolute atomic E-state index is 10.7. The first kappa shape index (κ1) is 14.4.